The lowest BCUT2D eigenvalue weighted by molar-refractivity contribution is 0.00892. The van der Waals surface area contributed by atoms with Crippen LogP contribution in [0, 0.1) is 0 Å². The van der Waals surface area contributed by atoms with E-state index in [2.05, 4.69) is 0 Å². The van der Waals surface area contributed by atoms with Crippen molar-refractivity contribution in [3.8, 4) is 0 Å². The maximum Gasteiger partial charge on any atom is 0.672 e. The van der Waals surface area contributed by atoms with E-state index in [1.807, 2.05) is 106 Å². The van der Waals surface area contributed by atoms with Crippen molar-refractivity contribution in [3.05, 3.63) is 130 Å². The van der Waals surface area contributed by atoms with Gasteiger partial charge in [0, 0.05) is 86.5 Å². The van der Waals surface area contributed by atoms with Crippen molar-refractivity contribution in [1.82, 2.24) is 8.47 Å². The average molecular weight is 815 g/mol. The first-order valence-electron chi connectivity index (χ1n) is 17.8. The number of aromatic nitrogens is 2. The molecule has 4 aliphatic rings. The molecule has 0 fully saturated rings. The molecule has 286 valence electrons. The summed E-state index contributed by atoms with van der Waals surface area (Å²) in [4.78, 5) is 31.7. The van der Waals surface area contributed by atoms with Crippen LogP contribution in [0.4, 0.5) is 11.6 Å². The lowest BCUT2D eigenvalue weighted by atomic mass is 10.1. The zero-order chi connectivity index (χ0) is 39.1. The summed E-state index contributed by atoms with van der Waals surface area (Å²) in [5.74, 6) is 2.46. The molecular formula is C38H34N8O8Si3. The van der Waals surface area contributed by atoms with Gasteiger partial charge in [0.05, 0.1) is 0 Å². The van der Waals surface area contributed by atoms with E-state index in [1.54, 1.807) is 0 Å². The molecule has 0 amide bonds. The van der Waals surface area contributed by atoms with Crippen LogP contribution in [0.3, 0.4) is 0 Å². The average Bonchev–Trinajstić information content (AvgIpc) is 3.98. The predicted molar refractivity (Wildman–Crippen MR) is 217 cm³/mol. The zero-order valence-corrected chi connectivity index (χ0v) is 34.6. The molecule has 6 bridgehead atoms. The van der Waals surface area contributed by atoms with E-state index in [4.69, 9.17) is 64.7 Å². The molecule has 0 N–H and O–H groups in total. The van der Waals surface area contributed by atoms with Crippen molar-refractivity contribution in [3.63, 3.8) is 0 Å². The molecular weight excluding hydrogens is 781 g/mol. The first kappa shape index (κ1) is 35.9. The summed E-state index contributed by atoms with van der Waals surface area (Å²) >= 11 is 0. The fraction of sp³-hybridized carbons (Fsp3) is 0.158. The van der Waals surface area contributed by atoms with E-state index in [0.717, 1.165) is 22.3 Å². The van der Waals surface area contributed by atoms with E-state index in [0.29, 0.717) is 67.5 Å². The maximum atomic E-state index is 7.48. The van der Waals surface area contributed by atoms with Crippen LogP contribution in [0.15, 0.2) is 127 Å². The van der Waals surface area contributed by atoms with Gasteiger partial charge in [-0.2, -0.15) is 0 Å². The largest absolute Gasteiger partial charge is 0.672 e. The molecule has 2 aromatic heterocycles. The van der Waals surface area contributed by atoms with Crippen LogP contribution in [-0.4, -0.2) is 101 Å². The minimum absolute atomic E-state index is 0.386. The molecule has 4 aliphatic heterocycles. The number of rotatable bonds is 10. The Balaban J connectivity index is 1.55. The number of hydrogen-bond acceptors (Lipinski definition) is 14. The first-order valence-corrected chi connectivity index (χ1v) is 22.8. The Labute approximate surface area is 328 Å². The normalized spacial score (nSPS) is 19.3. The molecule has 57 heavy (non-hydrogen) atoms. The fourth-order valence-electron chi connectivity index (χ4n) is 7.71. The van der Waals surface area contributed by atoms with Crippen LogP contribution < -0.4 is 11.0 Å². The van der Waals surface area contributed by atoms with E-state index >= 15 is 0 Å². The molecule has 10 rings (SSSR count). The molecule has 0 unspecified atom stereocenters. The molecule has 16 nitrogen and oxygen atoms in total. The lowest BCUT2D eigenvalue weighted by Gasteiger charge is -2.40. The zero-order valence-electron chi connectivity index (χ0n) is 31.6. The number of aliphatic imine (C=N–C) groups is 4. The molecule has 19 heteroatoms. The van der Waals surface area contributed by atoms with Crippen molar-refractivity contribution in [1.29, 1.82) is 0 Å². The SMILES string of the molecule is CO[Si](OC)(OC)O[Si]1(O[Si](OC)(OC)OC)n2c3c4ccccc4c2/N=C2N=C(/N=c4/c5ccccc5/c(n41)=N/C1=NC(=N\3)/c3ccccc31)c1ccccc1\2. The van der Waals surface area contributed by atoms with Gasteiger partial charge >= 0.3 is 27.0 Å². The van der Waals surface area contributed by atoms with Crippen LogP contribution in [0.1, 0.15) is 22.3 Å². The number of benzene rings is 4. The van der Waals surface area contributed by atoms with Crippen molar-refractivity contribution < 1.29 is 34.8 Å². The molecule has 0 saturated carbocycles. The van der Waals surface area contributed by atoms with Gasteiger partial charge in [-0.3, -0.25) is 8.47 Å². The Morgan fingerprint density at radius 2 is 0.702 bits per heavy atom. The van der Waals surface area contributed by atoms with E-state index in [-0.39, 0.29) is 0 Å². The van der Waals surface area contributed by atoms with Gasteiger partial charge in [0.1, 0.15) is 22.6 Å². The fourth-order valence-corrected chi connectivity index (χ4v) is 17.3. The second-order valence-electron chi connectivity index (χ2n) is 13.1. The molecule has 6 aromatic rings. The van der Waals surface area contributed by atoms with Crippen LogP contribution >= 0.6 is 0 Å². The van der Waals surface area contributed by atoms with Crippen LogP contribution in [0.5, 0.6) is 0 Å². The third kappa shape index (κ3) is 5.13. The van der Waals surface area contributed by atoms with Gasteiger partial charge in [-0.05, 0) is 0 Å². The molecule has 0 spiro atoms. The number of hydrogen-bond donors (Lipinski definition) is 0. The molecule has 0 aliphatic carbocycles. The van der Waals surface area contributed by atoms with Gasteiger partial charge in [0.15, 0.2) is 23.3 Å². The minimum Gasteiger partial charge on any atom is -0.355 e. The minimum atomic E-state index is -4.91. The number of amidine groups is 4. The van der Waals surface area contributed by atoms with E-state index in [9.17, 15) is 0 Å². The second-order valence-corrected chi connectivity index (χ2v) is 21.2. The van der Waals surface area contributed by atoms with Gasteiger partial charge in [0.25, 0.3) is 0 Å². The monoisotopic (exact) mass is 814 g/mol. The molecule has 0 saturated heterocycles. The smallest absolute Gasteiger partial charge is 0.355 e. The van der Waals surface area contributed by atoms with E-state index < -0.39 is 27.0 Å². The summed E-state index contributed by atoms with van der Waals surface area (Å²) < 4.78 is 55.2. The molecule has 6 heterocycles. The van der Waals surface area contributed by atoms with Crippen molar-refractivity contribution >= 4 is 83.5 Å². The Kier molecular flexibility index (Phi) is 8.40. The first-order chi connectivity index (χ1) is 27.9. The molecule has 0 atom stereocenters. The summed E-state index contributed by atoms with van der Waals surface area (Å²) in [7, 11) is -4.68. The quantitative estimate of drug-likeness (QED) is 0.187. The standard InChI is InChI=1S/C38H34N8O8Si3/c1-47-56(48-2,49-3)53-55(54-57(50-4,51-5)52-6)45-35-27-19-11-12-20-28(27)37(45)43-33-25-17-9-10-18-26(25)34(40-33)44-38-30-22-14-13-21-29(30)36(46(38)55)42-32-24-16-8-7-15-23(24)31(39-32)41-35/h7-22H,1-6H3/b41-31-,41-35?,42-32?,42-36-,43-33-,43-37?,44-34?,44-38-. The van der Waals surface area contributed by atoms with Crippen LogP contribution in [0.25, 0.3) is 21.5 Å². The Hall–Kier alpha value is -5.43. The highest BCUT2D eigenvalue weighted by atomic mass is 28.5. The summed E-state index contributed by atoms with van der Waals surface area (Å²) in [5, 5.41) is 2.82. The number of fused-ring (bicyclic) bond motifs is 14. The van der Waals surface area contributed by atoms with Crippen LogP contribution in [-0.2, 0) is 34.8 Å². The second kappa shape index (κ2) is 13.3. The Bertz CT molecular complexity index is 2730. The third-order valence-corrected chi connectivity index (χ3v) is 19.4. The topological polar surface area (TPSA) is 158 Å². The highest BCUT2D eigenvalue weighted by Gasteiger charge is 2.67. The van der Waals surface area contributed by atoms with Crippen molar-refractivity contribution in [2.45, 2.75) is 0 Å². The van der Waals surface area contributed by atoms with Gasteiger partial charge in [-0.25, -0.2) is 30.0 Å². The molecule has 4 aromatic carbocycles. The lowest BCUT2D eigenvalue weighted by Crippen LogP contribution is -2.73. The van der Waals surface area contributed by atoms with Gasteiger partial charge < -0.3 is 34.8 Å². The summed E-state index contributed by atoms with van der Waals surface area (Å²) in [6.45, 7) is 0. The third-order valence-electron chi connectivity index (χ3n) is 10.3. The highest BCUT2D eigenvalue weighted by Crippen LogP contribution is 2.45. The Morgan fingerprint density at radius 3 is 1.05 bits per heavy atom. The van der Waals surface area contributed by atoms with Crippen molar-refractivity contribution in [2.75, 3.05) is 42.7 Å². The van der Waals surface area contributed by atoms with Crippen LogP contribution in [0.2, 0.25) is 0 Å². The van der Waals surface area contributed by atoms with E-state index in [1.165, 1.54) is 42.7 Å². The highest BCUT2D eigenvalue weighted by molar-refractivity contribution is 6.80. The van der Waals surface area contributed by atoms with Crippen molar-refractivity contribution in [2.24, 2.45) is 30.0 Å². The predicted octanol–water partition coefficient (Wildman–Crippen LogP) is 4.15. The van der Waals surface area contributed by atoms with Gasteiger partial charge in [-0.15, -0.1) is 0 Å². The van der Waals surface area contributed by atoms with Gasteiger partial charge in [-0.1, -0.05) is 97.1 Å². The number of nitrogens with zero attached hydrogens (tertiary/aromatic N) is 8. The molecule has 0 radical (unpaired) electrons. The summed E-state index contributed by atoms with van der Waals surface area (Å²) in [6.07, 6.45) is 0. The summed E-state index contributed by atoms with van der Waals surface area (Å²) in [5.41, 5.74) is 3.92. The maximum absolute atomic E-state index is 7.48. The van der Waals surface area contributed by atoms with Gasteiger partial charge in [0.2, 0.25) is 0 Å². The summed E-state index contributed by atoms with van der Waals surface area (Å²) in [6, 6.07) is 31.3. The Morgan fingerprint density at radius 1 is 0.386 bits per heavy atom.